The minimum absolute atomic E-state index is 0.349. The smallest absolute Gasteiger partial charge is 0.261 e. The van der Waals surface area contributed by atoms with Crippen molar-refractivity contribution in [1.29, 1.82) is 0 Å². The van der Waals surface area contributed by atoms with Crippen molar-refractivity contribution in [3.05, 3.63) is 101 Å². The number of halogens is 2. The Morgan fingerprint density at radius 2 is 1.93 bits per heavy atom. The molecule has 41 heavy (non-hydrogen) atoms. The Morgan fingerprint density at radius 1 is 1.05 bits per heavy atom. The second-order valence-electron chi connectivity index (χ2n) is 9.57. The van der Waals surface area contributed by atoms with Crippen LogP contribution in [0.5, 0.6) is 0 Å². The summed E-state index contributed by atoms with van der Waals surface area (Å²) >= 11 is 1.29. The number of fused-ring (bicyclic) bond motifs is 1. The fraction of sp³-hybridized carbons (Fsp3) is 0.133. The molecule has 4 N–H and O–H groups in total. The Bertz CT molecular complexity index is 1770. The van der Waals surface area contributed by atoms with Crippen molar-refractivity contribution >= 4 is 39.7 Å². The molecule has 2 aromatic heterocycles. The van der Waals surface area contributed by atoms with Crippen LogP contribution in [0.3, 0.4) is 0 Å². The SMILES string of the molecule is CN(C(=O)c1cc(F)ccc1F)c1cccc(-c2nc(N)sc2-c2ccnc(Nc3ccc4c(c3)CNCC4)n2)c1. The van der Waals surface area contributed by atoms with Gasteiger partial charge in [0, 0.05) is 36.7 Å². The number of aromatic nitrogens is 3. The van der Waals surface area contributed by atoms with Gasteiger partial charge < -0.3 is 21.3 Å². The van der Waals surface area contributed by atoms with Crippen LogP contribution in [0, 0.1) is 11.6 Å². The first-order valence-corrected chi connectivity index (χ1v) is 13.7. The molecule has 0 bridgehead atoms. The quantitative estimate of drug-likeness (QED) is 0.237. The van der Waals surface area contributed by atoms with Crippen molar-refractivity contribution in [2.75, 3.05) is 29.5 Å². The lowest BCUT2D eigenvalue weighted by molar-refractivity contribution is 0.0988. The summed E-state index contributed by atoms with van der Waals surface area (Å²) in [6.07, 6.45) is 2.67. The zero-order chi connectivity index (χ0) is 28.5. The third-order valence-corrected chi connectivity index (χ3v) is 7.76. The number of nitrogens with one attached hydrogen (secondary N) is 2. The average molecular weight is 570 g/mol. The molecular formula is C30H25F2N7OS. The number of benzene rings is 3. The number of thiazole rings is 1. The van der Waals surface area contributed by atoms with Gasteiger partial charge in [0.25, 0.3) is 5.91 Å². The molecule has 0 spiro atoms. The van der Waals surface area contributed by atoms with Crippen molar-refractivity contribution in [3.8, 4) is 21.8 Å². The number of rotatable bonds is 6. The lowest BCUT2D eigenvalue weighted by Crippen LogP contribution is -2.27. The molecule has 11 heteroatoms. The maximum Gasteiger partial charge on any atom is 0.261 e. The molecule has 6 rings (SSSR count). The Hall–Kier alpha value is -4.74. The van der Waals surface area contributed by atoms with E-state index in [-0.39, 0.29) is 5.56 Å². The molecule has 0 saturated carbocycles. The van der Waals surface area contributed by atoms with Crippen LogP contribution in [0.4, 0.5) is 31.2 Å². The van der Waals surface area contributed by atoms with Gasteiger partial charge in [-0.05, 0) is 72.6 Å². The van der Waals surface area contributed by atoms with E-state index >= 15 is 0 Å². The highest BCUT2D eigenvalue weighted by molar-refractivity contribution is 7.19. The monoisotopic (exact) mass is 569 g/mol. The van der Waals surface area contributed by atoms with Gasteiger partial charge in [0.2, 0.25) is 5.95 Å². The van der Waals surface area contributed by atoms with Crippen LogP contribution in [-0.4, -0.2) is 34.5 Å². The molecule has 3 heterocycles. The van der Waals surface area contributed by atoms with Crippen LogP contribution in [0.2, 0.25) is 0 Å². The van der Waals surface area contributed by atoms with Gasteiger partial charge >= 0.3 is 0 Å². The van der Waals surface area contributed by atoms with Gasteiger partial charge in [-0.2, -0.15) is 0 Å². The molecule has 206 valence electrons. The molecule has 0 radical (unpaired) electrons. The molecule has 8 nitrogen and oxygen atoms in total. The first-order chi connectivity index (χ1) is 19.9. The van der Waals surface area contributed by atoms with Crippen molar-refractivity contribution in [3.63, 3.8) is 0 Å². The van der Waals surface area contributed by atoms with Gasteiger partial charge in [-0.15, -0.1) is 0 Å². The Balaban J connectivity index is 1.29. The summed E-state index contributed by atoms with van der Waals surface area (Å²) in [5.74, 6) is -1.74. The van der Waals surface area contributed by atoms with E-state index < -0.39 is 17.5 Å². The fourth-order valence-corrected chi connectivity index (χ4v) is 5.58. The molecule has 3 aromatic carbocycles. The third-order valence-electron chi connectivity index (χ3n) is 6.85. The van der Waals surface area contributed by atoms with Crippen LogP contribution < -0.4 is 21.3 Å². The van der Waals surface area contributed by atoms with Gasteiger partial charge in [-0.1, -0.05) is 29.5 Å². The van der Waals surface area contributed by atoms with Crippen LogP contribution >= 0.6 is 11.3 Å². The Morgan fingerprint density at radius 3 is 2.80 bits per heavy atom. The number of nitrogens with two attached hydrogens (primary N) is 1. The molecule has 0 atom stereocenters. The predicted octanol–water partition coefficient (Wildman–Crippen LogP) is 5.79. The predicted molar refractivity (Wildman–Crippen MR) is 157 cm³/mol. The summed E-state index contributed by atoms with van der Waals surface area (Å²) < 4.78 is 28.0. The number of carbonyl (C=O) groups excluding carboxylic acids is 1. The zero-order valence-electron chi connectivity index (χ0n) is 22.0. The van der Waals surface area contributed by atoms with Crippen molar-refractivity contribution in [2.24, 2.45) is 0 Å². The summed E-state index contributed by atoms with van der Waals surface area (Å²) in [7, 11) is 1.50. The number of nitrogens with zero attached hydrogens (tertiary/aromatic N) is 4. The molecule has 0 aliphatic carbocycles. The molecule has 0 fully saturated rings. The highest BCUT2D eigenvalue weighted by Crippen LogP contribution is 2.38. The number of anilines is 4. The number of hydrogen-bond acceptors (Lipinski definition) is 8. The van der Waals surface area contributed by atoms with E-state index in [1.807, 2.05) is 12.1 Å². The zero-order valence-corrected chi connectivity index (χ0v) is 22.8. The van der Waals surface area contributed by atoms with Crippen molar-refractivity contribution in [2.45, 2.75) is 13.0 Å². The van der Waals surface area contributed by atoms with Crippen LogP contribution in [0.1, 0.15) is 21.5 Å². The second kappa shape index (κ2) is 11.0. The molecule has 0 unspecified atom stereocenters. The number of amides is 1. The van der Waals surface area contributed by atoms with E-state index in [1.54, 1.807) is 30.5 Å². The minimum atomic E-state index is -0.797. The van der Waals surface area contributed by atoms with E-state index in [9.17, 15) is 13.6 Å². The lowest BCUT2D eigenvalue weighted by Gasteiger charge is -2.18. The first kappa shape index (κ1) is 26.5. The number of nitrogen functional groups attached to an aromatic ring is 1. The van der Waals surface area contributed by atoms with E-state index in [1.165, 1.54) is 34.4 Å². The fourth-order valence-electron chi connectivity index (χ4n) is 4.76. The molecule has 0 saturated heterocycles. The van der Waals surface area contributed by atoms with Gasteiger partial charge in [0.15, 0.2) is 5.13 Å². The van der Waals surface area contributed by atoms with Gasteiger partial charge in [-0.3, -0.25) is 4.79 Å². The number of carbonyl (C=O) groups is 1. The Kier molecular flexibility index (Phi) is 7.12. The van der Waals surface area contributed by atoms with Crippen molar-refractivity contribution in [1.82, 2.24) is 20.3 Å². The molecule has 5 aromatic rings. The van der Waals surface area contributed by atoms with E-state index in [2.05, 4.69) is 32.7 Å². The van der Waals surface area contributed by atoms with Gasteiger partial charge in [0.05, 0.1) is 21.8 Å². The number of hydrogen-bond donors (Lipinski definition) is 3. The highest BCUT2D eigenvalue weighted by atomic mass is 32.1. The molecule has 1 aliphatic heterocycles. The van der Waals surface area contributed by atoms with Gasteiger partial charge in [-0.25, -0.2) is 23.7 Å². The standard InChI is InChI=1S/C30H25F2N7OS/c1-39(28(40)23-15-20(31)6-8-24(23)32)22-4-2-3-18(14-22)26-27(41-29(33)38-26)25-10-12-35-30(37-25)36-21-7-5-17-9-11-34-16-19(17)13-21/h2-8,10,12-15,34H,9,11,16H2,1H3,(H2,33,38)(H,35,36,37). The van der Waals surface area contributed by atoms with E-state index in [4.69, 9.17) is 10.7 Å². The summed E-state index contributed by atoms with van der Waals surface area (Å²) in [5.41, 5.74) is 11.6. The lowest BCUT2D eigenvalue weighted by atomic mass is 10.0. The normalized spacial score (nSPS) is 12.6. The third kappa shape index (κ3) is 5.49. The maximum atomic E-state index is 14.3. The van der Waals surface area contributed by atoms with Gasteiger partial charge in [0.1, 0.15) is 11.6 Å². The molecule has 1 aliphatic rings. The maximum absolute atomic E-state index is 14.3. The summed E-state index contributed by atoms with van der Waals surface area (Å²) in [4.78, 5) is 28.6. The topological polar surface area (TPSA) is 109 Å². The Labute approximate surface area is 238 Å². The van der Waals surface area contributed by atoms with E-state index in [0.29, 0.717) is 33.7 Å². The summed E-state index contributed by atoms with van der Waals surface area (Å²) in [5, 5.41) is 7.03. The molecule has 1 amide bonds. The summed E-state index contributed by atoms with van der Waals surface area (Å²) in [6, 6.07) is 17.9. The van der Waals surface area contributed by atoms with Crippen LogP contribution in [0.15, 0.2) is 72.9 Å². The highest BCUT2D eigenvalue weighted by Gasteiger charge is 2.21. The van der Waals surface area contributed by atoms with E-state index in [0.717, 1.165) is 48.3 Å². The van der Waals surface area contributed by atoms with Crippen LogP contribution in [-0.2, 0) is 13.0 Å². The summed E-state index contributed by atoms with van der Waals surface area (Å²) in [6.45, 7) is 1.80. The first-order valence-electron chi connectivity index (χ1n) is 12.9. The molecular weight excluding hydrogens is 544 g/mol. The second-order valence-corrected chi connectivity index (χ2v) is 10.6. The largest absolute Gasteiger partial charge is 0.375 e. The minimum Gasteiger partial charge on any atom is -0.375 e. The van der Waals surface area contributed by atoms with Crippen LogP contribution in [0.25, 0.3) is 21.8 Å². The average Bonchev–Trinajstić information content (AvgIpc) is 3.39. The van der Waals surface area contributed by atoms with Crippen molar-refractivity contribution < 1.29 is 13.6 Å².